The van der Waals surface area contributed by atoms with Crippen LogP contribution in [0.3, 0.4) is 0 Å². The van der Waals surface area contributed by atoms with Gasteiger partial charge in [0.2, 0.25) is 5.91 Å². The number of piperidine rings is 1. The highest BCUT2D eigenvalue weighted by atomic mass is 32.1. The summed E-state index contributed by atoms with van der Waals surface area (Å²) in [6.07, 6.45) is 1.68. The highest BCUT2D eigenvalue weighted by molar-refractivity contribution is 7.09. The quantitative estimate of drug-likeness (QED) is 0.842. The molecular weight excluding hydrogens is 302 g/mol. The first-order valence-electron chi connectivity index (χ1n) is 7.64. The van der Waals surface area contributed by atoms with E-state index in [0.29, 0.717) is 19.6 Å². The van der Waals surface area contributed by atoms with Crippen LogP contribution in [0.1, 0.15) is 36.9 Å². The summed E-state index contributed by atoms with van der Waals surface area (Å²) in [4.78, 5) is 30.2. The van der Waals surface area contributed by atoms with Crippen molar-refractivity contribution in [3.8, 4) is 0 Å². The molecule has 2 amide bonds. The zero-order valence-corrected chi connectivity index (χ0v) is 13.9. The molecule has 1 saturated heterocycles. The molecule has 7 heteroatoms. The summed E-state index contributed by atoms with van der Waals surface area (Å²) >= 11 is 1.53. The SMILES string of the molecule is CCCNC(=O)C1(O)CCN(C(=O)Cc2csc(C)n2)CC1. The van der Waals surface area contributed by atoms with Crippen LogP contribution in [0.15, 0.2) is 5.38 Å². The molecule has 0 aromatic carbocycles. The van der Waals surface area contributed by atoms with Crippen LogP contribution in [-0.2, 0) is 16.0 Å². The molecular formula is C15H23N3O3S. The molecule has 2 rings (SSSR count). The van der Waals surface area contributed by atoms with E-state index in [0.717, 1.165) is 17.1 Å². The number of carbonyl (C=O) groups excluding carboxylic acids is 2. The van der Waals surface area contributed by atoms with E-state index in [1.165, 1.54) is 11.3 Å². The summed E-state index contributed by atoms with van der Waals surface area (Å²) < 4.78 is 0. The van der Waals surface area contributed by atoms with E-state index >= 15 is 0 Å². The van der Waals surface area contributed by atoms with Gasteiger partial charge in [-0.25, -0.2) is 4.98 Å². The smallest absolute Gasteiger partial charge is 0.252 e. The van der Waals surface area contributed by atoms with Gasteiger partial charge in [0, 0.05) is 37.9 Å². The average Bonchev–Trinajstić information content (AvgIpc) is 2.90. The summed E-state index contributed by atoms with van der Waals surface area (Å²) in [5, 5.41) is 16.0. The van der Waals surface area contributed by atoms with Crippen LogP contribution in [0.4, 0.5) is 0 Å². The molecule has 6 nitrogen and oxygen atoms in total. The molecule has 2 N–H and O–H groups in total. The Kier molecular flexibility index (Phi) is 5.52. The van der Waals surface area contributed by atoms with Gasteiger partial charge in [-0.1, -0.05) is 6.92 Å². The average molecular weight is 325 g/mol. The highest BCUT2D eigenvalue weighted by Crippen LogP contribution is 2.23. The summed E-state index contributed by atoms with van der Waals surface area (Å²) in [6.45, 7) is 5.24. The maximum atomic E-state index is 12.2. The van der Waals surface area contributed by atoms with Gasteiger partial charge in [0.15, 0.2) is 0 Å². The minimum Gasteiger partial charge on any atom is -0.380 e. The number of aromatic nitrogens is 1. The number of carbonyl (C=O) groups is 2. The Morgan fingerprint density at radius 1 is 1.45 bits per heavy atom. The monoisotopic (exact) mass is 325 g/mol. The van der Waals surface area contributed by atoms with Crippen molar-refractivity contribution in [2.45, 2.75) is 45.1 Å². The largest absolute Gasteiger partial charge is 0.380 e. The molecule has 122 valence electrons. The van der Waals surface area contributed by atoms with E-state index in [9.17, 15) is 14.7 Å². The number of rotatable bonds is 5. The molecule has 0 spiro atoms. The lowest BCUT2D eigenvalue weighted by atomic mass is 9.90. The second-order valence-electron chi connectivity index (χ2n) is 5.70. The Hall–Kier alpha value is -1.47. The molecule has 0 bridgehead atoms. The Morgan fingerprint density at radius 3 is 2.68 bits per heavy atom. The lowest BCUT2D eigenvalue weighted by Crippen LogP contribution is -2.55. The van der Waals surface area contributed by atoms with E-state index < -0.39 is 5.60 Å². The maximum absolute atomic E-state index is 12.2. The first-order valence-corrected chi connectivity index (χ1v) is 8.52. The first kappa shape index (κ1) is 16.9. The van der Waals surface area contributed by atoms with Crippen molar-refractivity contribution in [2.75, 3.05) is 19.6 Å². The van der Waals surface area contributed by atoms with E-state index in [-0.39, 0.29) is 31.1 Å². The molecule has 0 atom stereocenters. The highest BCUT2D eigenvalue weighted by Gasteiger charge is 2.40. The number of nitrogens with one attached hydrogen (secondary N) is 1. The predicted molar refractivity (Wildman–Crippen MR) is 84.6 cm³/mol. The number of thiazole rings is 1. The molecule has 0 saturated carbocycles. The van der Waals surface area contributed by atoms with Crippen molar-refractivity contribution in [2.24, 2.45) is 0 Å². The topological polar surface area (TPSA) is 82.5 Å². The molecule has 1 aromatic heterocycles. The third-order valence-electron chi connectivity index (χ3n) is 3.90. The van der Waals surface area contributed by atoms with Gasteiger partial charge in [-0.05, 0) is 13.3 Å². The van der Waals surface area contributed by atoms with Crippen LogP contribution in [-0.4, -0.2) is 52.0 Å². The van der Waals surface area contributed by atoms with Crippen LogP contribution in [0.25, 0.3) is 0 Å². The molecule has 0 radical (unpaired) electrons. The van der Waals surface area contributed by atoms with Gasteiger partial charge in [0.25, 0.3) is 5.91 Å². The fraction of sp³-hybridized carbons (Fsp3) is 0.667. The van der Waals surface area contributed by atoms with Gasteiger partial charge in [-0.15, -0.1) is 11.3 Å². The van der Waals surface area contributed by atoms with Crippen LogP contribution < -0.4 is 5.32 Å². The van der Waals surface area contributed by atoms with E-state index in [1.807, 2.05) is 19.2 Å². The van der Waals surface area contributed by atoms with Gasteiger partial charge in [-0.2, -0.15) is 0 Å². The number of likely N-dealkylation sites (tertiary alicyclic amines) is 1. The van der Waals surface area contributed by atoms with Crippen molar-refractivity contribution >= 4 is 23.2 Å². The number of hydrogen-bond donors (Lipinski definition) is 2. The van der Waals surface area contributed by atoms with Crippen molar-refractivity contribution in [3.05, 3.63) is 16.1 Å². The van der Waals surface area contributed by atoms with Crippen molar-refractivity contribution in [1.29, 1.82) is 0 Å². The lowest BCUT2D eigenvalue weighted by molar-refractivity contribution is -0.149. The standard InChI is InChI=1S/C15H23N3O3S/c1-3-6-16-14(20)15(21)4-7-18(8-5-15)13(19)9-12-10-22-11(2)17-12/h10,21H,3-9H2,1-2H3,(H,16,20). The molecule has 1 fully saturated rings. The summed E-state index contributed by atoms with van der Waals surface area (Å²) in [5.41, 5.74) is -0.558. The minimum atomic E-state index is -1.34. The normalized spacial score (nSPS) is 17.3. The number of nitrogens with zero attached hydrogens (tertiary/aromatic N) is 2. The first-order chi connectivity index (χ1) is 10.4. The number of amides is 2. The van der Waals surface area contributed by atoms with Gasteiger partial charge < -0.3 is 15.3 Å². The second-order valence-corrected chi connectivity index (χ2v) is 6.77. The Bertz CT molecular complexity index is 536. The van der Waals surface area contributed by atoms with E-state index in [2.05, 4.69) is 10.3 Å². The molecule has 1 aliphatic rings. The van der Waals surface area contributed by atoms with Crippen molar-refractivity contribution in [1.82, 2.24) is 15.2 Å². The van der Waals surface area contributed by atoms with Gasteiger partial charge in [0.1, 0.15) is 5.60 Å². The van der Waals surface area contributed by atoms with Gasteiger partial charge in [0.05, 0.1) is 17.1 Å². The number of aliphatic hydroxyl groups is 1. The number of aryl methyl sites for hydroxylation is 1. The molecule has 22 heavy (non-hydrogen) atoms. The molecule has 1 aromatic rings. The van der Waals surface area contributed by atoms with Crippen LogP contribution in [0.5, 0.6) is 0 Å². The lowest BCUT2D eigenvalue weighted by Gasteiger charge is -2.37. The van der Waals surface area contributed by atoms with E-state index in [4.69, 9.17) is 0 Å². The van der Waals surface area contributed by atoms with Crippen molar-refractivity contribution in [3.63, 3.8) is 0 Å². The third kappa shape index (κ3) is 4.04. The van der Waals surface area contributed by atoms with Crippen molar-refractivity contribution < 1.29 is 14.7 Å². The van der Waals surface area contributed by atoms with E-state index in [1.54, 1.807) is 4.90 Å². The van der Waals surface area contributed by atoms with Crippen LogP contribution >= 0.6 is 11.3 Å². The van der Waals surface area contributed by atoms with Gasteiger partial charge >= 0.3 is 0 Å². The molecule has 1 aliphatic heterocycles. The summed E-state index contributed by atoms with van der Waals surface area (Å²) in [7, 11) is 0. The Labute approximate surface area is 134 Å². The maximum Gasteiger partial charge on any atom is 0.252 e. The molecule has 2 heterocycles. The fourth-order valence-electron chi connectivity index (χ4n) is 2.51. The van der Waals surface area contributed by atoms with Crippen LogP contribution in [0.2, 0.25) is 0 Å². The summed E-state index contributed by atoms with van der Waals surface area (Å²) in [6, 6.07) is 0. The zero-order chi connectivity index (χ0) is 16.2. The fourth-order valence-corrected chi connectivity index (χ4v) is 3.12. The van der Waals surface area contributed by atoms with Crippen LogP contribution in [0, 0.1) is 6.92 Å². The number of hydrogen-bond acceptors (Lipinski definition) is 5. The Morgan fingerprint density at radius 2 is 2.14 bits per heavy atom. The predicted octanol–water partition coefficient (Wildman–Crippen LogP) is 0.874. The second kappa shape index (κ2) is 7.19. The third-order valence-corrected chi connectivity index (χ3v) is 4.72. The summed E-state index contributed by atoms with van der Waals surface area (Å²) in [5.74, 6) is -0.321. The zero-order valence-electron chi connectivity index (χ0n) is 13.1. The minimum absolute atomic E-state index is 0.00122. The molecule has 0 aliphatic carbocycles. The molecule has 0 unspecified atom stereocenters. The van der Waals surface area contributed by atoms with Gasteiger partial charge in [-0.3, -0.25) is 9.59 Å². The Balaban J connectivity index is 1.85.